The first-order valence-electron chi connectivity index (χ1n) is 4.99. The molecular formula is C11H17ClN2O. The highest BCUT2D eigenvalue weighted by molar-refractivity contribution is 6.31. The van der Waals surface area contributed by atoms with E-state index in [9.17, 15) is 0 Å². The van der Waals surface area contributed by atoms with Crippen molar-refractivity contribution in [3.8, 4) is 5.88 Å². The minimum atomic E-state index is 0.293. The molecule has 3 nitrogen and oxygen atoms in total. The number of nitrogens with zero attached hydrogens (tertiary/aromatic N) is 1. The summed E-state index contributed by atoms with van der Waals surface area (Å²) in [5.74, 6) is 1.22. The lowest BCUT2D eigenvalue weighted by Gasteiger charge is -2.19. The lowest BCUT2D eigenvalue weighted by atomic mass is 9.90. The van der Waals surface area contributed by atoms with E-state index >= 15 is 0 Å². The number of pyridine rings is 1. The predicted molar refractivity (Wildman–Crippen MR) is 62.4 cm³/mol. The standard InChI is InChI=1S/C11H17ClN2O/c1-7(2)9(5-13)8-4-10(12)11(15-3)14-6-8/h4,6-7,9H,5,13H2,1-3H3. The normalized spacial score (nSPS) is 12.9. The van der Waals surface area contributed by atoms with Crippen LogP contribution in [0.3, 0.4) is 0 Å². The lowest BCUT2D eigenvalue weighted by molar-refractivity contribution is 0.397. The van der Waals surface area contributed by atoms with E-state index in [1.165, 1.54) is 0 Å². The topological polar surface area (TPSA) is 48.1 Å². The third-order valence-electron chi connectivity index (χ3n) is 2.51. The largest absolute Gasteiger partial charge is 0.480 e. The monoisotopic (exact) mass is 228 g/mol. The predicted octanol–water partition coefficient (Wildman–Crippen LogP) is 2.44. The number of nitrogens with two attached hydrogens (primary N) is 1. The van der Waals surface area contributed by atoms with Gasteiger partial charge in [0.2, 0.25) is 5.88 Å². The molecule has 1 heterocycles. The average molecular weight is 229 g/mol. The van der Waals surface area contributed by atoms with Crippen LogP contribution in [-0.2, 0) is 0 Å². The second-order valence-corrected chi connectivity index (χ2v) is 4.25. The molecule has 2 N–H and O–H groups in total. The number of methoxy groups -OCH3 is 1. The van der Waals surface area contributed by atoms with E-state index in [0.29, 0.717) is 29.3 Å². The molecule has 0 saturated heterocycles. The number of ether oxygens (including phenoxy) is 1. The van der Waals surface area contributed by atoms with Gasteiger partial charge < -0.3 is 10.5 Å². The first-order chi connectivity index (χ1) is 7.10. The van der Waals surface area contributed by atoms with Gasteiger partial charge in [-0.25, -0.2) is 4.98 Å². The van der Waals surface area contributed by atoms with E-state index < -0.39 is 0 Å². The summed E-state index contributed by atoms with van der Waals surface area (Å²) in [5, 5.41) is 0.536. The third-order valence-corrected chi connectivity index (χ3v) is 2.78. The van der Waals surface area contributed by atoms with Crippen molar-refractivity contribution in [3.05, 3.63) is 22.8 Å². The molecule has 0 spiro atoms. The summed E-state index contributed by atoms with van der Waals surface area (Å²) in [6.45, 7) is 4.87. The van der Waals surface area contributed by atoms with Crippen molar-refractivity contribution < 1.29 is 4.74 Å². The van der Waals surface area contributed by atoms with Gasteiger partial charge in [-0.05, 0) is 24.1 Å². The van der Waals surface area contributed by atoms with Gasteiger partial charge in [0.15, 0.2) is 0 Å². The van der Waals surface area contributed by atoms with E-state index in [-0.39, 0.29) is 0 Å². The van der Waals surface area contributed by atoms with Gasteiger partial charge in [0, 0.05) is 12.1 Å². The molecule has 0 amide bonds. The Kier molecular flexibility index (Phi) is 4.36. The second-order valence-electron chi connectivity index (χ2n) is 3.85. The maximum atomic E-state index is 6.01. The first kappa shape index (κ1) is 12.3. The van der Waals surface area contributed by atoms with E-state index in [1.54, 1.807) is 13.3 Å². The molecule has 0 bridgehead atoms. The zero-order valence-electron chi connectivity index (χ0n) is 9.33. The molecule has 1 aromatic heterocycles. The molecule has 1 atom stereocenters. The van der Waals surface area contributed by atoms with Gasteiger partial charge in [-0.3, -0.25) is 0 Å². The van der Waals surface area contributed by atoms with Gasteiger partial charge in [-0.2, -0.15) is 0 Å². The molecule has 0 fully saturated rings. The van der Waals surface area contributed by atoms with Crippen molar-refractivity contribution >= 4 is 11.6 Å². The molecule has 15 heavy (non-hydrogen) atoms. The summed E-state index contributed by atoms with van der Waals surface area (Å²) in [7, 11) is 1.55. The summed E-state index contributed by atoms with van der Waals surface area (Å²) >= 11 is 6.01. The van der Waals surface area contributed by atoms with Crippen LogP contribution in [0.25, 0.3) is 0 Å². The van der Waals surface area contributed by atoms with Crippen LogP contribution in [0.5, 0.6) is 5.88 Å². The molecule has 0 aliphatic heterocycles. The third kappa shape index (κ3) is 2.83. The summed E-state index contributed by atoms with van der Waals surface area (Å²) < 4.78 is 5.00. The van der Waals surface area contributed by atoms with Crippen molar-refractivity contribution in [2.45, 2.75) is 19.8 Å². The fourth-order valence-corrected chi connectivity index (χ4v) is 1.84. The van der Waals surface area contributed by atoms with Crippen LogP contribution in [0.15, 0.2) is 12.3 Å². The van der Waals surface area contributed by atoms with E-state index in [2.05, 4.69) is 18.8 Å². The van der Waals surface area contributed by atoms with Crippen molar-refractivity contribution in [1.29, 1.82) is 0 Å². The Bertz CT molecular complexity index is 328. The van der Waals surface area contributed by atoms with E-state index in [4.69, 9.17) is 22.1 Å². The second kappa shape index (κ2) is 5.33. The molecule has 0 saturated carbocycles. The van der Waals surface area contributed by atoms with E-state index in [1.807, 2.05) is 6.07 Å². The summed E-state index contributed by atoms with van der Waals surface area (Å²) in [6.07, 6.45) is 1.78. The van der Waals surface area contributed by atoms with E-state index in [0.717, 1.165) is 5.56 Å². The minimum absolute atomic E-state index is 0.293. The van der Waals surface area contributed by atoms with Gasteiger partial charge in [-0.15, -0.1) is 0 Å². The summed E-state index contributed by atoms with van der Waals surface area (Å²) in [4.78, 5) is 4.14. The van der Waals surface area contributed by atoms with Gasteiger partial charge >= 0.3 is 0 Å². The molecule has 0 radical (unpaired) electrons. The van der Waals surface area contributed by atoms with Gasteiger partial charge in [-0.1, -0.05) is 25.4 Å². The quantitative estimate of drug-likeness (QED) is 0.861. The summed E-state index contributed by atoms with van der Waals surface area (Å²) in [5.41, 5.74) is 6.79. The molecule has 84 valence electrons. The SMILES string of the molecule is COc1ncc(C(CN)C(C)C)cc1Cl. The van der Waals surface area contributed by atoms with Crippen molar-refractivity contribution in [1.82, 2.24) is 4.98 Å². The number of aromatic nitrogens is 1. The average Bonchev–Trinajstić information content (AvgIpc) is 2.18. The maximum Gasteiger partial charge on any atom is 0.232 e. The molecular weight excluding hydrogens is 212 g/mol. The Morgan fingerprint density at radius 1 is 1.53 bits per heavy atom. The van der Waals surface area contributed by atoms with Gasteiger partial charge in [0.1, 0.15) is 5.02 Å². The van der Waals surface area contributed by atoms with Crippen LogP contribution in [0.2, 0.25) is 5.02 Å². The Hall–Kier alpha value is -0.800. The van der Waals surface area contributed by atoms with Crippen LogP contribution >= 0.6 is 11.6 Å². The number of hydrogen-bond acceptors (Lipinski definition) is 3. The highest BCUT2D eigenvalue weighted by atomic mass is 35.5. The Morgan fingerprint density at radius 3 is 2.60 bits per heavy atom. The lowest BCUT2D eigenvalue weighted by Crippen LogP contribution is -2.18. The highest BCUT2D eigenvalue weighted by Crippen LogP contribution is 2.28. The smallest absolute Gasteiger partial charge is 0.232 e. The van der Waals surface area contributed by atoms with Crippen molar-refractivity contribution in [3.63, 3.8) is 0 Å². The zero-order chi connectivity index (χ0) is 11.4. The van der Waals surface area contributed by atoms with Crippen LogP contribution in [0, 0.1) is 5.92 Å². The Morgan fingerprint density at radius 2 is 2.20 bits per heavy atom. The van der Waals surface area contributed by atoms with Crippen LogP contribution in [0.4, 0.5) is 0 Å². The molecule has 1 unspecified atom stereocenters. The summed E-state index contributed by atoms with van der Waals surface area (Å²) in [6, 6.07) is 1.88. The van der Waals surface area contributed by atoms with Gasteiger partial charge in [0.05, 0.1) is 7.11 Å². The number of halogens is 1. The Labute approximate surface area is 95.6 Å². The van der Waals surface area contributed by atoms with Crippen molar-refractivity contribution in [2.75, 3.05) is 13.7 Å². The molecule has 0 aliphatic carbocycles. The van der Waals surface area contributed by atoms with Crippen LogP contribution in [-0.4, -0.2) is 18.6 Å². The maximum absolute atomic E-state index is 6.01. The zero-order valence-corrected chi connectivity index (χ0v) is 10.1. The van der Waals surface area contributed by atoms with Gasteiger partial charge in [0.25, 0.3) is 0 Å². The fraction of sp³-hybridized carbons (Fsp3) is 0.545. The van der Waals surface area contributed by atoms with Crippen molar-refractivity contribution in [2.24, 2.45) is 11.7 Å². The minimum Gasteiger partial charge on any atom is -0.480 e. The van der Waals surface area contributed by atoms with Crippen LogP contribution < -0.4 is 10.5 Å². The number of hydrogen-bond donors (Lipinski definition) is 1. The molecule has 4 heteroatoms. The highest BCUT2D eigenvalue weighted by Gasteiger charge is 2.16. The Balaban J connectivity index is 3.00. The molecule has 1 aromatic rings. The fourth-order valence-electron chi connectivity index (χ4n) is 1.59. The molecule has 0 aromatic carbocycles. The first-order valence-corrected chi connectivity index (χ1v) is 5.37. The molecule has 0 aliphatic rings. The number of rotatable bonds is 4. The van der Waals surface area contributed by atoms with Crippen LogP contribution in [0.1, 0.15) is 25.3 Å². The molecule has 1 rings (SSSR count).